The summed E-state index contributed by atoms with van der Waals surface area (Å²) in [7, 11) is 0. The molecule has 0 saturated heterocycles. The molecular formula is C32H19CuN8-3. The van der Waals surface area contributed by atoms with Gasteiger partial charge < -0.3 is 35.3 Å². The summed E-state index contributed by atoms with van der Waals surface area (Å²) in [6.07, 6.45) is 7.85. The summed E-state index contributed by atoms with van der Waals surface area (Å²) < 4.78 is 0. The normalized spacial score (nSPS) is 24.1. The van der Waals surface area contributed by atoms with Crippen molar-refractivity contribution in [1.82, 2.24) is 9.97 Å². The summed E-state index contributed by atoms with van der Waals surface area (Å²) >= 11 is 0. The van der Waals surface area contributed by atoms with Crippen LogP contribution in [0.3, 0.4) is 0 Å². The molecule has 0 spiro atoms. The summed E-state index contributed by atoms with van der Waals surface area (Å²) in [5.41, 5.74) is 3.13. The van der Waals surface area contributed by atoms with Crippen molar-refractivity contribution in [3.8, 4) is 0 Å². The van der Waals surface area contributed by atoms with Gasteiger partial charge in [0, 0.05) is 51.9 Å². The SMILES string of the molecule is C1=CC2C3=N/C(=N\c4[n-]c(c5ccccc45)/N=C4\[N-]C(N=c5[n-]c(c6ccccc56)=N3)c3ccccc34)C2C=C1.[Cu]. The molecule has 3 atom stereocenters. The van der Waals surface area contributed by atoms with Crippen LogP contribution in [-0.2, 0) is 17.1 Å². The van der Waals surface area contributed by atoms with Crippen molar-refractivity contribution in [3.63, 3.8) is 0 Å². The number of fused-ring (bicyclic) bond motifs is 19. The largest absolute Gasteiger partial charge is 0.451 e. The van der Waals surface area contributed by atoms with Crippen molar-refractivity contribution < 1.29 is 17.1 Å². The summed E-state index contributed by atoms with van der Waals surface area (Å²) in [6, 6.07) is 24.1. The van der Waals surface area contributed by atoms with Crippen molar-refractivity contribution in [2.45, 2.75) is 6.17 Å². The molecular weight excluding hydrogens is 560 g/mol. The van der Waals surface area contributed by atoms with Crippen molar-refractivity contribution in [1.29, 1.82) is 0 Å². The molecule has 2 aromatic heterocycles. The van der Waals surface area contributed by atoms with Crippen LogP contribution in [0.4, 0.5) is 11.6 Å². The summed E-state index contributed by atoms with van der Waals surface area (Å²) in [4.78, 5) is 34.8. The van der Waals surface area contributed by atoms with E-state index >= 15 is 0 Å². The number of hydrogen-bond donors (Lipinski definition) is 0. The molecule has 3 aliphatic heterocycles. The number of hydrogen-bond acceptors (Lipinski definition) is 5. The van der Waals surface area contributed by atoms with E-state index in [-0.39, 0.29) is 28.9 Å². The molecule has 0 saturated carbocycles. The third-order valence-corrected chi connectivity index (χ3v) is 7.82. The first-order chi connectivity index (χ1) is 19.8. The predicted molar refractivity (Wildman–Crippen MR) is 155 cm³/mol. The average molecular weight is 579 g/mol. The van der Waals surface area contributed by atoms with Gasteiger partial charge in [0.1, 0.15) is 0 Å². The maximum absolute atomic E-state index is 5.04. The Morgan fingerprint density at radius 2 is 1.17 bits per heavy atom. The Hall–Kier alpha value is -4.85. The molecule has 0 fully saturated rings. The van der Waals surface area contributed by atoms with Gasteiger partial charge in [-0.3, -0.25) is 4.99 Å². The first kappa shape index (κ1) is 24.0. The fourth-order valence-electron chi connectivity index (χ4n) is 5.91. The fraction of sp³-hybridized carbons (Fsp3) is 0.0938. The molecule has 3 unspecified atom stereocenters. The Morgan fingerprint density at radius 3 is 1.93 bits per heavy atom. The maximum Gasteiger partial charge on any atom is 0.0688 e. The van der Waals surface area contributed by atoms with Crippen LogP contribution in [0.25, 0.3) is 26.9 Å². The Bertz CT molecular complexity index is 2180. The van der Waals surface area contributed by atoms with E-state index in [2.05, 4.69) is 12.2 Å². The van der Waals surface area contributed by atoms with Gasteiger partial charge in [0.2, 0.25) is 0 Å². The molecule has 0 N–H and O–H groups in total. The van der Waals surface area contributed by atoms with Gasteiger partial charge in [0.15, 0.2) is 0 Å². The third kappa shape index (κ3) is 3.63. The van der Waals surface area contributed by atoms with Crippen LogP contribution in [0, 0.1) is 11.8 Å². The van der Waals surface area contributed by atoms with Crippen molar-refractivity contribution in [2.75, 3.05) is 0 Å². The van der Waals surface area contributed by atoms with Crippen LogP contribution in [0.15, 0.2) is 122 Å². The Kier molecular flexibility index (Phi) is 5.32. The van der Waals surface area contributed by atoms with Crippen molar-refractivity contribution in [2.24, 2.45) is 36.8 Å². The van der Waals surface area contributed by atoms with Crippen molar-refractivity contribution >= 4 is 50.7 Å². The molecule has 0 amide bonds. The van der Waals surface area contributed by atoms with Crippen LogP contribution in [-0.4, -0.2) is 17.5 Å². The minimum atomic E-state index is -0.473. The Labute approximate surface area is 244 Å². The van der Waals surface area contributed by atoms with Gasteiger partial charge in [-0.05, 0) is 38.5 Å². The smallest absolute Gasteiger partial charge is 0.0688 e. The van der Waals surface area contributed by atoms with Crippen LogP contribution >= 0.6 is 0 Å². The standard InChI is InChI=1S/C32H19N8.Cu/c1-2-10-18-17(9-1)25-33-26(18)38-28-21-13-5-6-14-22(21)30(35-28)40-32-24-16-8-7-15-23(24)31(36-32)39-29-20-12-4-3-11-19(20)27(34-29)37-25;/h1-18,31H;/q-3;. The van der Waals surface area contributed by atoms with Gasteiger partial charge in [0.25, 0.3) is 0 Å². The molecule has 201 valence electrons. The molecule has 9 heteroatoms. The first-order valence-electron chi connectivity index (χ1n) is 13.2. The zero-order valence-electron chi connectivity index (χ0n) is 21.3. The van der Waals surface area contributed by atoms with Gasteiger partial charge in [-0.25, -0.2) is 0 Å². The molecule has 5 heterocycles. The number of allylic oxidation sites excluding steroid dienone is 2. The number of benzene rings is 3. The number of aromatic nitrogens is 2. The predicted octanol–water partition coefficient (Wildman–Crippen LogP) is 5.12. The zero-order valence-corrected chi connectivity index (χ0v) is 22.3. The maximum atomic E-state index is 5.04. The minimum Gasteiger partial charge on any atom is -0.451 e. The molecule has 5 aromatic rings. The Balaban J connectivity index is 0.00000256. The van der Waals surface area contributed by atoms with Crippen molar-refractivity contribution in [3.05, 3.63) is 125 Å². The topological polar surface area (TPSA) is 104 Å². The molecule has 8 nitrogen and oxygen atoms in total. The van der Waals surface area contributed by atoms with Gasteiger partial charge in [-0.15, -0.1) is 0 Å². The van der Waals surface area contributed by atoms with Crippen LogP contribution in [0.1, 0.15) is 17.3 Å². The molecule has 3 aromatic carbocycles. The zero-order chi connectivity index (χ0) is 26.2. The van der Waals surface area contributed by atoms with Gasteiger partial charge in [-0.1, -0.05) is 103 Å². The van der Waals surface area contributed by atoms with E-state index in [0.29, 0.717) is 40.1 Å². The van der Waals surface area contributed by atoms with E-state index < -0.39 is 6.17 Å². The first-order valence-corrected chi connectivity index (χ1v) is 13.2. The van der Waals surface area contributed by atoms with Gasteiger partial charge >= 0.3 is 0 Å². The molecule has 4 aliphatic rings. The summed E-state index contributed by atoms with van der Waals surface area (Å²) in [6.45, 7) is 0. The van der Waals surface area contributed by atoms with E-state index in [1.165, 1.54) is 0 Å². The van der Waals surface area contributed by atoms with Gasteiger partial charge in [-0.2, -0.15) is 0 Å². The van der Waals surface area contributed by atoms with E-state index in [1.54, 1.807) is 0 Å². The molecule has 9 rings (SSSR count). The number of rotatable bonds is 0. The van der Waals surface area contributed by atoms with Crippen LogP contribution in [0.5, 0.6) is 0 Å². The average Bonchev–Trinajstić information content (AvgIpc) is 3.73. The fourth-order valence-corrected chi connectivity index (χ4v) is 5.91. The van der Waals surface area contributed by atoms with Gasteiger partial charge in [0.05, 0.1) is 11.7 Å². The second-order valence-corrected chi connectivity index (χ2v) is 10.1. The van der Waals surface area contributed by atoms with E-state index in [4.69, 9.17) is 40.2 Å². The number of amidine groups is 3. The van der Waals surface area contributed by atoms with E-state index in [0.717, 1.165) is 32.7 Å². The molecule has 1 aliphatic carbocycles. The van der Waals surface area contributed by atoms with Crippen LogP contribution < -0.4 is 20.9 Å². The Morgan fingerprint density at radius 1 is 0.561 bits per heavy atom. The second-order valence-electron chi connectivity index (χ2n) is 10.1. The third-order valence-electron chi connectivity index (χ3n) is 7.82. The molecule has 1 radical (unpaired) electrons. The minimum absolute atomic E-state index is 0. The molecule has 41 heavy (non-hydrogen) atoms. The number of aliphatic imine (C=N–C) groups is 3. The van der Waals surface area contributed by atoms with Crippen LogP contribution in [0.2, 0.25) is 0 Å². The molecule has 8 bridgehead atoms. The van der Waals surface area contributed by atoms with E-state index in [1.807, 2.05) is 84.9 Å². The summed E-state index contributed by atoms with van der Waals surface area (Å²) in [5.74, 6) is 3.06. The second kappa shape index (κ2) is 9.09. The van der Waals surface area contributed by atoms with E-state index in [9.17, 15) is 0 Å². The monoisotopic (exact) mass is 578 g/mol. The quantitative estimate of drug-likeness (QED) is 0.238. The number of nitrogens with zero attached hydrogens (tertiary/aromatic N) is 8. The summed E-state index contributed by atoms with van der Waals surface area (Å²) in [5, 5.41) is 8.66.